The highest BCUT2D eigenvalue weighted by Gasteiger charge is 2.29. The number of piperidine rings is 2. The minimum atomic E-state index is -3.14. The van der Waals surface area contributed by atoms with Crippen LogP contribution in [0.3, 0.4) is 0 Å². The number of sulfonamides is 1. The molecule has 2 aromatic rings. The Bertz CT molecular complexity index is 1100. The number of oxazole rings is 2. The summed E-state index contributed by atoms with van der Waals surface area (Å²) in [6.45, 7) is 6.91. The molecule has 12 nitrogen and oxygen atoms in total. The Hall–Kier alpha value is -2.93. The number of carbonyl (C=O) groups excluding carboxylic acids is 2. The summed E-state index contributed by atoms with van der Waals surface area (Å²) in [6.07, 6.45) is 8.68. The van der Waals surface area contributed by atoms with E-state index in [4.69, 9.17) is 18.3 Å². The van der Waals surface area contributed by atoms with Crippen molar-refractivity contribution in [3.05, 3.63) is 29.8 Å². The third-order valence-corrected chi connectivity index (χ3v) is 7.19. The van der Waals surface area contributed by atoms with E-state index in [-0.39, 0.29) is 23.9 Å². The van der Waals surface area contributed by atoms with Gasteiger partial charge in [-0.2, -0.15) is 4.98 Å². The number of anilines is 1. The van der Waals surface area contributed by atoms with Gasteiger partial charge < -0.3 is 23.2 Å². The van der Waals surface area contributed by atoms with Crippen molar-refractivity contribution >= 4 is 28.0 Å². The molecule has 0 N–H and O–H groups in total. The lowest BCUT2D eigenvalue weighted by molar-refractivity contribution is 0.0510. The lowest BCUT2D eigenvalue weighted by Crippen LogP contribution is -2.37. The molecule has 0 unspecified atom stereocenters. The lowest BCUT2D eigenvalue weighted by atomic mass is 9.98. The van der Waals surface area contributed by atoms with Crippen LogP contribution in [0.1, 0.15) is 78.7 Å². The van der Waals surface area contributed by atoms with Gasteiger partial charge in [-0.15, -0.1) is 0 Å². The van der Waals surface area contributed by atoms with Crippen molar-refractivity contribution in [3.8, 4) is 0 Å². The van der Waals surface area contributed by atoms with Crippen molar-refractivity contribution in [3.63, 3.8) is 0 Å². The molecule has 200 valence electrons. The second kappa shape index (κ2) is 12.9. The molecule has 0 aliphatic carbocycles. The SMILES string of the molecule is CCOC(=O)c1coc(C2CCN(S(C)(=O)=O)CC2)n1.CCOC(=O)c1coc(N2CCCCC2)n1. The normalized spacial score (nSPS) is 17.2. The molecule has 0 atom stereocenters. The summed E-state index contributed by atoms with van der Waals surface area (Å²) in [7, 11) is -3.14. The van der Waals surface area contributed by atoms with Crippen LogP contribution in [0.5, 0.6) is 0 Å². The van der Waals surface area contributed by atoms with Gasteiger partial charge in [0, 0.05) is 32.1 Å². The molecule has 0 aromatic carbocycles. The standard InChI is InChI=1S/C12H18N2O5S.C11H16N2O3/c1-3-18-12(15)10-8-19-11(13-10)9-4-6-14(7-5-9)20(2,16)17;1-2-15-10(14)9-8-16-11(12-9)13-6-4-3-5-7-13/h8-9H,3-7H2,1-2H3;8H,2-7H2,1H3. The Labute approximate surface area is 211 Å². The van der Waals surface area contributed by atoms with Crippen LogP contribution in [0.4, 0.5) is 6.01 Å². The molecule has 0 bridgehead atoms. The molecule has 0 amide bonds. The zero-order chi connectivity index (χ0) is 26.1. The predicted octanol–water partition coefficient (Wildman–Crippen LogP) is 2.83. The fourth-order valence-electron chi connectivity index (χ4n) is 4.00. The first-order chi connectivity index (χ1) is 17.2. The maximum atomic E-state index is 11.5. The highest BCUT2D eigenvalue weighted by molar-refractivity contribution is 7.88. The summed E-state index contributed by atoms with van der Waals surface area (Å²) in [6, 6.07) is 0.530. The number of ether oxygens (including phenoxy) is 2. The summed E-state index contributed by atoms with van der Waals surface area (Å²) in [5.41, 5.74) is 0.412. The quantitative estimate of drug-likeness (QED) is 0.491. The summed E-state index contributed by atoms with van der Waals surface area (Å²) >= 11 is 0. The Morgan fingerprint density at radius 1 is 0.917 bits per heavy atom. The van der Waals surface area contributed by atoms with Gasteiger partial charge in [0.05, 0.1) is 19.5 Å². The molecule has 4 rings (SSSR count). The maximum Gasteiger partial charge on any atom is 0.360 e. The van der Waals surface area contributed by atoms with E-state index in [2.05, 4.69) is 14.9 Å². The van der Waals surface area contributed by atoms with Crippen molar-refractivity contribution in [1.82, 2.24) is 14.3 Å². The first-order valence-electron chi connectivity index (χ1n) is 12.2. The number of hydrogen-bond acceptors (Lipinski definition) is 11. The van der Waals surface area contributed by atoms with Gasteiger partial charge >= 0.3 is 11.9 Å². The van der Waals surface area contributed by atoms with E-state index in [1.54, 1.807) is 13.8 Å². The van der Waals surface area contributed by atoms with Gasteiger partial charge in [0.1, 0.15) is 12.5 Å². The van der Waals surface area contributed by atoms with Crippen LogP contribution in [0.15, 0.2) is 21.4 Å². The first-order valence-corrected chi connectivity index (χ1v) is 14.0. The van der Waals surface area contributed by atoms with Crippen molar-refractivity contribution in [2.75, 3.05) is 50.5 Å². The van der Waals surface area contributed by atoms with Crippen molar-refractivity contribution in [2.24, 2.45) is 0 Å². The van der Waals surface area contributed by atoms with Crippen LogP contribution >= 0.6 is 0 Å². The van der Waals surface area contributed by atoms with Gasteiger partial charge in [0.15, 0.2) is 17.3 Å². The van der Waals surface area contributed by atoms with Gasteiger partial charge in [0.25, 0.3) is 6.01 Å². The zero-order valence-corrected chi connectivity index (χ0v) is 21.8. The second-order valence-electron chi connectivity index (χ2n) is 8.51. The molecule has 36 heavy (non-hydrogen) atoms. The highest BCUT2D eigenvalue weighted by atomic mass is 32.2. The average Bonchev–Trinajstić information content (AvgIpc) is 3.56. The fraction of sp³-hybridized carbons (Fsp3) is 0.652. The molecule has 0 radical (unpaired) electrons. The number of nitrogens with zero attached hydrogens (tertiary/aromatic N) is 4. The minimum absolute atomic E-state index is 0.0381. The average molecular weight is 527 g/mol. The van der Waals surface area contributed by atoms with E-state index in [0.717, 1.165) is 25.9 Å². The number of carbonyl (C=O) groups is 2. The van der Waals surface area contributed by atoms with Crippen LogP contribution in [-0.4, -0.2) is 80.3 Å². The van der Waals surface area contributed by atoms with E-state index in [1.807, 2.05) is 0 Å². The molecule has 13 heteroatoms. The number of rotatable bonds is 7. The molecule has 2 saturated heterocycles. The van der Waals surface area contributed by atoms with E-state index in [1.165, 1.54) is 29.5 Å². The summed E-state index contributed by atoms with van der Waals surface area (Å²) in [4.78, 5) is 33.2. The smallest absolute Gasteiger partial charge is 0.360 e. The number of esters is 2. The van der Waals surface area contributed by atoms with Crippen molar-refractivity contribution < 1.29 is 36.3 Å². The molecule has 4 heterocycles. The monoisotopic (exact) mass is 526 g/mol. The van der Waals surface area contributed by atoms with Crippen LogP contribution < -0.4 is 4.90 Å². The molecular weight excluding hydrogens is 492 g/mol. The Balaban J connectivity index is 0.000000205. The van der Waals surface area contributed by atoms with Crippen LogP contribution in [0.2, 0.25) is 0 Å². The fourth-order valence-corrected chi connectivity index (χ4v) is 4.88. The lowest BCUT2D eigenvalue weighted by Gasteiger charge is -2.28. The summed E-state index contributed by atoms with van der Waals surface area (Å²) < 4.78 is 44.6. The third-order valence-electron chi connectivity index (χ3n) is 5.88. The topological polar surface area (TPSA) is 145 Å². The largest absolute Gasteiger partial charge is 0.461 e. The van der Waals surface area contributed by atoms with E-state index >= 15 is 0 Å². The van der Waals surface area contributed by atoms with E-state index in [0.29, 0.717) is 44.4 Å². The highest BCUT2D eigenvalue weighted by Crippen LogP contribution is 2.28. The number of hydrogen-bond donors (Lipinski definition) is 0. The van der Waals surface area contributed by atoms with Crippen LogP contribution in [0.25, 0.3) is 0 Å². The van der Waals surface area contributed by atoms with Gasteiger partial charge in [-0.25, -0.2) is 27.3 Å². The molecule has 0 saturated carbocycles. The van der Waals surface area contributed by atoms with Crippen molar-refractivity contribution in [1.29, 1.82) is 0 Å². The Kier molecular flexibility index (Phi) is 9.88. The van der Waals surface area contributed by atoms with Crippen LogP contribution in [0, 0.1) is 0 Å². The molecule has 2 aliphatic heterocycles. The molecular formula is C23H34N4O8S. The maximum absolute atomic E-state index is 11.5. The van der Waals surface area contributed by atoms with Gasteiger partial charge in [0.2, 0.25) is 10.0 Å². The Morgan fingerprint density at radius 3 is 2.03 bits per heavy atom. The zero-order valence-electron chi connectivity index (χ0n) is 21.0. The molecule has 2 aliphatic rings. The molecule has 2 aromatic heterocycles. The van der Waals surface area contributed by atoms with E-state index in [9.17, 15) is 18.0 Å². The molecule has 2 fully saturated rings. The summed E-state index contributed by atoms with van der Waals surface area (Å²) in [5, 5.41) is 0. The predicted molar refractivity (Wildman–Crippen MR) is 129 cm³/mol. The number of aromatic nitrogens is 2. The van der Waals surface area contributed by atoms with Gasteiger partial charge in [-0.1, -0.05) is 0 Å². The van der Waals surface area contributed by atoms with Gasteiger partial charge in [-0.3, -0.25) is 0 Å². The minimum Gasteiger partial charge on any atom is -0.461 e. The first kappa shape index (κ1) is 27.7. The Morgan fingerprint density at radius 2 is 1.47 bits per heavy atom. The van der Waals surface area contributed by atoms with E-state index < -0.39 is 22.0 Å². The van der Waals surface area contributed by atoms with Crippen molar-refractivity contribution in [2.45, 2.75) is 51.9 Å². The van der Waals surface area contributed by atoms with Crippen LogP contribution in [-0.2, 0) is 19.5 Å². The van der Waals surface area contributed by atoms with Gasteiger partial charge in [-0.05, 0) is 46.0 Å². The third kappa shape index (κ3) is 7.53. The second-order valence-corrected chi connectivity index (χ2v) is 10.5. The molecule has 0 spiro atoms. The summed E-state index contributed by atoms with van der Waals surface area (Å²) in [5.74, 6) is -0.414.